The molecule has 0 unspecified atom stereocenters. The Kier molecular flexibility index (Phi) is 4.66. The Balaban J connectivity index is 2.91. The van der Waals surface area contributed by atoms with Crippen LogP contribution in [0.4, 0.5) is 4.39 Å². The zero-order chi connectivity index (χ0) is 13.1. The molecule has 0 fully saturated rings. The van der Waals surface area contributed by atoms with Crippen LogP contribution in [-0.4, -0.2) is 16.5 Å². The fourth-order valence-corrected chi connectivity index (χ4v) is 1.84. The van der Waals surface area contributed by atoms with Crippen molar-refractivity contribution in [1.29, 1.82) is 0 Å². The molecule has 1 rings (SSSR count). The van der Waals surface area contributed by atoms with Gasteiger partial charge in [-0.1, -0.05) is 25.4 Å². The predicted molar refractivity (Wildman–Crippen MR) is 65.7 cm³/mol. The Morgan fingerprint density at radius 1 is 1.41 bits per heavy atom. The van der Waals surface area contributed by atoms with Gasteiger partial charge in [0.1, 0.15) is 11.4 Å². The minimum atomic E-state index is -1.34. The predicted octanol–water partition coefficient (Wildman–Crippen LogP) is 3.14. The molecule has 0 aliphatic heterocycles. The summed E-state index contributed by atoms with van der Waals surface area (Å²) in [5.74, 6) is -0.760. The lowest BCUT2D eigenvalue weighted by atomic mass is 9.88. The third-order valence-electron chi connectivity index (χ3n) is 3.05. The van der Waals surface area contributed by atoms with Crippen molar-refractivity contribution < 1.29 is 14.3 Å². The summed E-state index contributed by atoms with van der Waals surface area (Å²) in [5, 5.41) is 10.4. The summed E-state index contributed by atoms with van der Waals surface area (Å²) in [7, 11) is 0. The van der Waals surface area contributed by atoms with Crippen molar-refractivity contribution in [3.8, 4) is 0 Å². The number of benzene rings is 1. The van der Waals surface area contributed by atoms with E-state index in [2.05, 4.69) is 0 Å². The number of carbonyl (C=O) groups excluding carboxylic acids is 1. The lowest BCUT2D eigenvalue weighted by Gasteiger charge is -2.23. The van der Waals surface area contributed by atoms with Crippen LogP contribution < -0.4 is 0 Å². The summed E-state index contributed by atoms with van der Waals surface area (Å²) in [6.45, 7) is 3.49. The second-order valence-electron chi connectivity index (χ2n) is 4.07. The van der Waals surface area contributed by atoms with Crippen LogP contribution in [-0.2, 0) is 11.2 Å². The van der Waals surface area contributed by atoms with Gasteiger partial charge >= 0.3 is 0 Å². The number of hydrogen-bond donors (Lipinski definition) is 1. The third kappa shape index (κ3) is 3.27. The zero-order valence-corrected chi connectivity index (χ0v) is 10.7. The number of halogens is 2. The van der Waals surface area contributed by atoms with E-state index in [9.17, 15) is 14.3 Å². The fourth-order valence-electron chi connectivity index (χ4n) is 1.66. The van der Waals surface area contributed by atoms with Gasteiger partial charge in [-0.25, -0.2) is 4.39 Å². The normalized spacial score (nSPS) is 11.6. The number of rotatable bonds is 5. The molecule has 1 aromatic rings. The molecule has 0 aliphatic rings. The standard InChI is InChI=1S/C13H16ClFO2/c1-3-13(17,4-2)12(16)8-9-7-10(15)5-6-11(9)14/h5-7,17H,3-4,8H2,1-2H3. The number of Topliss-reactive ketones (excluding diaryl/α,β-unsaturated/α-hetero) is 1. The van der Waals surface area contributed by atoms with E-state index in [1.54, 1.807) is 13.8 Å². The van der Waals surface area contributed by atoms with E-state index in [1.165, 1.54) is 18.2 Å². The minimum Gasteiger partial charge on any atom is -0.382 e. The maximum Gasteiger partial charge on any atom is 0.168 e. The van der Waals surface area contributed by atoms with Crippen LogP contribution in [0.3, 0.4) is 0 Å². The molecule has 0 aromatic heterocycles. The molecule has 17 heavy (non-hydrogen) atoms. The second kappa shape index (κ2) is 5.61. The van der Waals surface area contributed by atoms with Crippen LogP contribution in [0.25, 0.3) is 0 Å². The van der Waals surface area contributed by atoms with Gasteiger partial charge in [0, 0.05) is 11.4 Å². The summed E-state index contributed by atoms with van der Waals surface area (Å²) >= 11 is 5.88. The molecule has 0 saturated carbocycles. The molecule has 0 atom stereocenters. The highest BCUT2D eigenvalue weighted by molar-refractivity contribution is 6.31. The summed E-state index contributed by atoms with van der Waals surface area (Å²) in [6.07, 6.45) is 0.638. The van der Waals surface area contributed by atoms with Gasteiger partial charge in [-0.05, 0) is 36.6 Å². The Morgan fingerprint density at radius 3 is 2.53 bits per heavy atom. The van der Waals surface area contributed by atoms with Gasteiger partial charge in [0.05, 0.1) is 0 Å². The van der Waals surface area contributed by atoms with Crippen molar-refractivity contribution in [2.45, 2.75) is 38.7 Å². The van der Waals surface area contributed by atoms with Crippen LogP contribution in [0.2, 0.25) is 5.02 Å². The fraction of sp³-hybridized carbons (Fsp3) is 0.462. The molecule has 2 nitrogen and oxygen atoms in total. The molecule has 0 heterocycles. The molecular weight excluding hydrogens is 243 g/mol. The molecule has 4 heteroatoms. The van der Waals surface area contributed by atoms with E-state index in [0.29, 0.717) is 23.4 Å². The van der Waals surface area contributed by atoms with Gasteiger partial charge in [0.25, 0.3) is 0 Å². The SMILES string of the molecule is CCC(O)(CC)C(=O)Cc1cc(F)ccc1Cl. The van der Waals surface area contributed by atoms with Crippen molar-refractivity contribution in [1.82, 2.24) is 0 Å². The van der Waals surface area contributed by atoms with Gasteiger partial charge in [0.15, 0.2) is 5.78 Å². The zero-order valence-electron chi connectivity index (χ0n) is 9.96. The molecular formula is C13H16ClFO2. The monoisotopic (exact) mass is 258 g/mol. The Morgan fingerprint density at radius 2 is 2.00 bits per heavy atom. The molecule has 0 saturated heterocycles. The highest BCUT2D eigenvalue weighted by Crippen LogP contribution is 2.23. The lowest BCUT2D eigenvalue weighted by molar-refractivity contribution is -0.137. The molecule has 0 spiro atoms. The van der Waals surface area contributed by atoms with Crippen molar-refractivity contribution >= 4 is 17.4 Å². The maximum absolute atomic E-state index is 13.0. The third-order valence-corrected chi connectivity index (χ3v) is 3.42. The first kappa shape index (κ1) is 14.1. The summed E-state index contributed by atoms with van der Waals surface area (Å²) in [5.41, 5.74) is -0.924. The number of hydrogen-bond acceptors (Lipinski definition) is 2. The van der Waals surface area contributed by atoms with Gasteiger partial charge in [0.2, 0.25) is 0 Å². The first-order valence-corrected chi connectivity index (χ1v) is 6.00. The lowest BCUT2D eigenvalue weighted by Crippen LogP contribution is -2.38. The van der Waals surface area contributed by atoms with Gasteiger partial charge in [-0.15, -0.1) is 0 Å². The van der Waals surface area contributed by atoms with Crippen LogP contribution in [0, 0.1) is 5.82 Å². The first-order chi connectivity index (χ1) is 7.92. The van der Waals surface area contributed by atoms with Crippen molar-refractivity contribution in [2.75, 3.05) is 0 Å². The summed E-state index contributed by atoms with van der Waals surface area (Å²) in [6, 6.07) is 3.88. The molecule has 1 N–H and O–H groups in total. The molecule has 0 amide bonds. The quantitative estimate of drug-likeness (QED) is 0.881. The molecule has 94 valence electrons. The Labute approximate surface area is 105 Å². The van der Waals surface area contributed by atoms with Crippen LogP contribution in [0.1, 0.15) is 32.3 Å². The first-order valence-electron chi connectivity index (χ1n) is 5.62. The van der Waals surface area contributed by atoms with E-state index < -0.39 is 11.4 Å². The minimum absolute atomic E-state index is 0.0469. The Hall–Kier alpha value is -0.930. The van der Waals surface area contributed by atoms with E-state index in [-0.39, 0.29) is 12.2 Å². The number of aliphatic hydroxyl groups is 1. The van der Waals surface area contributed by atoms with E-state index in [1.807, 2.05) is 0 Å². The molecule has 1 aromatic carbocycles. The number of ketones is 1. The van der Waals surface area contributed by atoms with Gasteiger partial charge < -0.3 is 5.11 Å². The van der Waals surface area contributed by atoms with E-state index >= 15 is 0 Å². The smallest absolute Gasteiger partial charge is 0.168 e. The van der Waals surface area contributed by atoms with Crippen molar-refractivity contribution in [3.05, 3.63) is 34.6 Å². The van der Waals surface area contributed by atoms with Gasteiger partial charge in [-0.3, -0.25) is 4.79 Å². The van der Waals surface area contributed by atoms with Crippen LogP contribution >= 0.6 is 11.6 Å². The number of carbonyl (C=O) groups is 1. The van der Waals surface area contributed by atoms with E-state index in [0.717, 1.165) is 0 Å². The van der Waals surface area contributed by atoms with Crippen molar-refractivity contribution in [2.24, 2.45) is 0 Å². The Bertz CT molecular complexity index is 414. The average Bonchev–Trinajstić information content (AvgIpc) is 2.32. The molecule has 0 aliphatic carbocycles. The molecule has 0 radical (unpaired) electrons. The topological polar surface area (TPSA) is 37.3 Å². The summed E-state index contributed by atoms with van der Waals surface area (Å²) < 4.78 is 13.0. The van der Waals surface area contributed by atoms with Crippen molar-refractivity contribution in [3.63, 3.8) is 0 Å². The van der Waals surface area contributed by atoms with Crippen LogP contribution in [0.15, 0.2) is 18.2 Å². The molecule has 0 bridgehead atoms. The van der Waals surface area contributed by atoms with Gasteiger partial charge in [-0.2, -0.15) is 0 Å². The largest absolute Gasteiger partial charge is 0.382 e. The van der Waals surface area contributed by atoms with E-state index in [4.69, 9.17) is 11.6 Å². The summed E-state index contributed by atoms with van der Waals surface area (Å²) in [4.78, 5) is 11.9. The van der Waals surface area contributed by atoms with Crippen LogP contribution in [0.5, 0.6) is 0 Å². The maximum atomic E-state index is 13.0. The highest BCUT2D eigenvalue weighted by atomic mass is 35.5. The second-order valence-corrected chi connectivity index (χ2v) is 4.48. The average molecular weight is 259 g/mol. The highest BCUT2D eigenvalue weighted by Gasteiger charge is 2.31.